The second-order valence-corrected chi connectivity index (χ2v) is 6.18. The lowest BCUT2D eigenvalue weighted by atomic mass is 10.1. The summed E-state index contributed by atoms with van der Waals surface area (Å²) in [5.74, 6) is 6.34. The van der Waals surface area contributed by atoms with Crippen LogP contribution in [0.5, 0.6) is 0 Å². The zero-order chi connectivity index (χ0) is 13.7. The van der Waals surface area contributed by atoms with Crippen LogP contribution in [-0.4, -0.2) is 11.9 Å². The van der Waals surface area contributed by atoms with Crippen molar-refractivity contribution >= 4 is 33.4 Å². The van der Waals surface area contributed by atoms with Gasteiger partial charge in [0.05, 0.1) is 6.04 Å². The molecule has 3 N–H and O–H groups in total. The third-order valence-electron chi connectivity index (χ3n) is 3.46. The highest BCUT2D eigenvalue weighted by atomic mass is 79.9. The molecule has 0 radical (unpaired) electrons. The molecule has 0 unspecified atom stereocenters. The molecular formula is C14H19BrClN3. The van der Waals surface area contributed by atoms with E-state index < -0.39 is 0 Å². The summed E-state index contributed by atoms with van der Waals surface area (Å²) in [6.45, 7) is 0. The molecule has 1 fully saturated rings. The summed E-state index contributed by atoms with van der Waals surface area (Å²) in [7, 11) is 0. The predicted octanol–water partition coefficient (Wildman–Crippen LogP) is 4.04. The first-order valence-corrected chi connectivity index (χ1v) is 7.87. The minimum Gasteiger partial charge on any atom is -0.308 e. The Morgan fingerprint density at radius 3 is 2.58 bits per heavy atom. The maximum absolute atomic E-state index is 6.04. The standard InChI is InChI=1S/C14H19BrClN3/c15-13-8-7-10(16)9-12(13)14(19-17)18-11-5-3-1-2-4-6-11/h7-9,11H,1-6,17H2,(H,18,19). The molecule has 0 spiro atoms. The van der Waals surface area contributed by atoms with Crippen molar-refractivity contribution in [2.24, 2.45) is 10.8 Å². The molecule has 1 aliphatic carbocycles. The average molecular weight is 345 g/mol. The van der Waals surface area contributed by atoms with Crippen molar-refractivity contribution in [1.82, 2.24) is 5.43 Å². The molecule has 0 aromatic heterocycles. The maximum atomic E-state index is 6.04. The van der Waals surface area contributed by atoms with Gasteiger partial charge in [-0.05, 0) is 31.0 Å². The van der Waals surface area contributed by atoms with Crippen molar-refractivity contribution in [3.8, 4) is 0 Å². The van der Waals surface area contributed by atoms with Crippen molar-refractivity contribution < 1.29 is 0 Å². The van der Waals surface area contributed by atoms with Crippen LogP contribution < -0.4 is 11.3 Å². The van der Waals surface area contributed by atoms with Gasteiger partial charge in [-0.1, -0.05) is 53.2 Å². The Bertz CT molecular complexity index is 454. The molecule has 0 atom stereocenters. The summed E-state index contributed by atoms with van der Waals surface area (Å²) in [6.07, 6.45) is 7.43. The van der Waals surface area contributed by atoms with Gasteiger partial charge in [-0.25, -0.2) is 5.84 Å². The molecule has 19 heavy (non-hydrogen) atoms. The number of rotatable bonds is 2. The van der Waals surface area contributed by atoms with Gasteiger partial charge in [-0.2, -0.15) is 0 Å². The summed E-state index contributed by atoms with van der Waals surface area (Å²) in [4.78, 5) is 4.78. The van der Waals surface area contributed by atoms with E-state index in [1.165, 1.54) is 25.7 Å². The fraction of sp³-hybridized carbons (Fsp3) is 0.500. The van der Waals surface area contributed by atoms with Gasteiger partial charge >= 0.3 is 0 Å². The summed E-state index contributed by atoms with van der Waals surface area (Å²) in [5.41, 5.74) is 3.63. The Hall–Kier alpha value is -0.580. The van der Waals surface area contributed by atoms with Gasteiger partial charge in [0.15, 0.2) is 0 Å². The topological polar surface area (TPSA) is 50.4 Å². The van der Waals surface area contributed by atoms with Crippen LogP contribution in [0.3, 0.4) is 0 Å². The highest BCUT2D eigenvalue weighted by Crippen LogP contribution is 2.24. The van der Waals surface area contributed by atoms with E-state index >= 15 is 0 Å². The number of nitrogens with one attached hydrogen (secondary N) is 1. The molecule has 1 aromatic rings. The van der Waals surface area contributed by atoms with E-state index in [0.29, 0.717) is 16.9 Å². The van der Waals surface area contributed by atoms with E-state index in [-0.39, 0.29) is 0 Å². The van der Waals surface area contributed by atoms with Crippen LogP contribution in [-0.2, 0) is 0 Å². The maximum Gasteiger partial charge on any atom is 0.143 e. The second kappa shape index (κ2) is 7.27. The van der Waals surface area contributed by atoms with E-state index in [0.717, 1.165) is 22.9 Å². The fourth-order valence-electron chi connectivity index (χ4n) is 2.43. The van der Waals surface area contributed by atoms with E-state index in [4.69, 9.17) is 22.4 Å². The molecule has 1 aromatic carbocycles. The molecule has 104 valence electrons. The Balaban J connectivity index is 2.24. The highest BCUT2D eigenvalue weighted by molar-refractivity contribution is 9.10. The quantitative estimate of drug-likeness (QED) is 0.280. The minimum atomic E-state index is 0.361. The summed E-state index contributed by atoms with van der Waals surface area (Å²) < 4.78 is 0.947. The third-order valence-corrected chi connectivity index (χ3v) is 4.38. The monoisotopic (exact) mass is 343 g/mol. The van der Waals surface area contributed by atoms with Crippen molar-refractivity contribution in [2.45, 2.75) is 44.6 Å². The van der Waals surface area contributed by atoms with Crippen LogP contribution in [0.1, 0.15) is 44.1 Å². The predicted molar refractivity (Wildman–Crippen MR) is 84.5 cm³/mol. The lowest BCUT2D eigenvalue weighted by Crippen LogP contribution is -2.32. The molecule has 0 amide bonds. The number of hydrogen-bond acceptors (Lipinski definition) is 2. The first kappa shape index (κ1) is 14.8. The molecule has 0 heterocycles. The first-order chi connectivity index (χ1) is 9.20. The van der Waals surface area contributed by atoms with E-state index in [2.05, 4.69) is 21.4 Å². The van der Waals surface area contributed by atoms with Crippen molar-refractivity contribution in [3.05, 3.63) is 33.3 Å². The Kier molecular flexibility index (Phi) is 5.67. The smallest absolute Gasteiger partial charge is 0.143 e. The Morgan fingerprint density at radius 2 is 1.95 bits per heavy atom. The third kappa shape index (κ3) is 4.20. The van der Waals surface area contributed by atoms with Crippen LogP contribution in [0.2, 0.25) is 5.02 Å². The number of nitrogens with zero attached hydrogens (tertiary/aromatic N) is 1. The van der Waals surface area contributed by atoms with Crippen LogP contribution >= 0.6 is 27.5 Å². The summed E-state index contributed by atoms with van der Waals surface area (Å²) in [5, 5.41) is 0.682. The van der Waals surface area contributed by atoms with Crippen LogP contribution in [0.25, 0.3) is 0 Å². The molecule has 5 heteroatoms. The zero-order valence-electron chi connectivity index (χ0n) is 10.8. The number of hydrogen-bond donors (Lipinski definition) is 2. The summed E-state index contributed by atoms with van der Waals surface area (Å²) in [6, 6.07) is 5.99. The van der Waals surface area contributed by atoms with Crippen molar-refractivity contribution in [2.75, 3.05) is 0 Å². The molecular weight excluding hydrogens is 326 g/mol. The van der Waals surface area contributed by atoms with Gasteiger partial charge in [0.2, 0.25) is 0 Å². The number of aliphatic imine (C=N–C) groups is 1. The van der Waals surface area contributed by atoms with E-state index in [1.807, 2.05) is 18.2 Å². The van der Waals surface area contributed by atoms with Crippen LogP contribution in [0.4, 0.5) is 0 Å². The second-order valence-electron chi connectivity index (χ2n) is 4.89. The fourth-order valence-corrected chi connectivity index (χ4v) is 3.04. The molecule has 2 rings (SSSR count). The molecule has 0 saturated heterocycles. The normalized spacial score (nSPS) is 18.2. The number of amidine groups is 1. The summed E-state index contributed by atoms with van der Waals surface area (Å²) >= 11 is 9.56. The Morgan fingerprint density at radius 1 is 1.26 bits per heavy atom. The molecule has 1 aliphatic rings. The van der Waals surface area contributed by atoms with Gasteiger partial charge in [-0.15, -0.1) is 0 Å². The average Bonchev–Trinajstić information content (AvgIpc) is 2.67. The molecule has 0 aliphatic heterocycles. The Labute approximate surface area is 127 Å². The van der Waals surface area contributed by atoms with Crippen molar-refractivity contribution in [1.29, 1.82) is 0 Å². The lowest BCUT2D eigenvalue weighted by Gasteiger charge is -2.14. The lowest BCUT2D eigenvalue weighted by molar-refractivity contribution is 0.583. The number of nitrogens with two attached hydrogens (primary N) is 1. The minimum absolute atomic E-state index is 0.361. The SMILES string of the molecule is NNC(=NC1CCCCCC1)c1cc(Cl)ccc1Br. The van der Waals surface area contributed by atoms with Gasteiger partial charge in [-0.3, -0.25) is 4.99 Å². The van der Waals surface area contributed by atoms with Crippen LogP contribution in [0.15, 0.2) is 27.7 Å². The highest BCUT2D eigenvalue weighted by Gasteiger charge is 2.14. The largest absolute Gasteiger partial charge is 0.308 e. The van der Waals surface area contributed by atoms with Gasteiger partial charge in [0.25, 0.3) is 0 Å². The van der Waals surface area contributed by atoms with Gasteiger partial charge in [0.1, 0.15) is 5.84 Å². The molecule has 1 saturated carbocycles. The molecule has 0 bridgehead atoms. The number of hydrazine groups is 1. The molecule has 3 nitrogen and oxygen atoms in total. The number of benzene rings is 1. The first-order valence-electron chi connectivity index (χ1n) is 6.70. The van der Waals surface area contributed by atoms with Crippen molar-refractivity contribution in [3.63, 3.8) is 0 Å². The van der Waals surface area contributed by atoms with E-state index in [1.54, 1.807) is 0 Å². The van der Waals surface area contributed by atoms with E-state index in [9.17, 15) is 0 Å². The van der Waals surface area contributed by atoms with Gasteiger partial charge < -0.3 is 5.43 Å². The van der Waals surface area contributed by atoms with Gasteiger partial charge in [0, 0.05) is 15.1 Å². The number of halogens is 2. The van der Waals surface area contributed by atoms with Crippen LogP contribution in [0, 0.1) is 0 Å². The zero-order valence-corrected chi connectivity index (χ0v) is 13.2.